The largest absolute Gasteiger partial charge is 0.379 e. The summed E-state index contributed by atoms with van der Waals surface area (Å²) >= 11 is 0. The van der Waals surface area contributed by atoms with E-state index in [1.54, 1.807) is 0 Å². The van der Waals surface area contributed by atoms with Crippen LogP contribution in [0.15, 0.2) is 24.8 Å². The maximum absolute atomic E-state index is 5.79. The standard InChI is InChI=1S/C20H34O/c1-3-5-6-7-8-17-9-11-18(12-10-17)19-13-15-20(16-14-19)21-4-2/h3,5-6,17-20H,1,4,7-16H2,2H3/b6-5+. The minimum atomic E-state index is 0.569. The third-order valence-electron chi connectivity index (χ3n) is 5.69. The number of allylic oxidation sites excluding steroid dienone is 3. The van der Waals surface area contributed by atoms with Crippen LogP contribution in [0.2, 0.25) is 0 Å². The molecule has 0 aromatic heterocycles. The molecule has 2 fully saturated rings. The number of hydrogen-bond donors (Lipinski definition) is 0. The van der Waals surface area contributed by atoms with Gasteiger partial charge in [0.2, 0.25) is 0 Å². The summed E-state index contributed by atoms with van der Waals surface area (Å²) in [5.41, 5.74) is 0. The molecule has 120 valence electrons. The lowest BCUT2D eigenvalue weighted by Crippen LogP contribution is -2.28. The summed E-state index contributed by atoms with van der Waals surface area (Å²) in [5, 5.41) is 0. The summed E-state index contributed by atoms with van der Waals surface area (Å²) in [7, 11) is 0. The molecule has 0 heterocycles. The van der Waals surface area contributed by atoms with Crippen LogP contribution in [0.1, 0.15) is 71.1 Å². The van der Waals surface area contributed by atoms with E-state index in [2.05, 4.69) is 25.7 Å². The molecule has 0 aliphatic heterocycles. The minimum absolute atomic E-state index is 0.569. The second-order valence-electron chi connectivity index (χ2n) is 7.01. The molecule has 0 radical (unpaired) electrons. The van der Waals surface area contributed by atoms with Crippen molar-refractivity contribution in [2.75, 3.05) is 6.61 Å². The van der Waals surface area contributed by atoms with Crippen LogP contribution in [0.3, 0.4) is 0 Å². The third-order valence-corrected chi connectivity index (χ3v) is 5.69. The van der Waals surface area contributed by atoms with E-state index in [0.29, 0.717) is 6.10 Å². The van der Waals surface area contributed by atoms with Crippen LogP contribution >= 0.6 is 0 Å². The number of hydrogen-bond acceptors (Lipinski definition) is 1. The predicted octanol–water partition coefficient (Wildman–Crippen LogP) is 5.91. The van der Waals surface area contributed by atoms with Gasteiger partial charge in [-0.1, -0.05) is 37.6 Å². The maximum atomic E-state index is 5.79. The van der Waals surface area contributed by atoms with E-state index in [1.807, 2.05) is 6.08 Å². The average Bonchev–Trinajstić information content (AvgIpc) is 2.53. The first kappa shape index (κ1) is 16.8. The van der Waals surface area contributed by atoms with Gasteiger partial charge in [0.15, 0.2) is 0 Å². The van der Waals surface area contributed by atoms with Crippen LogP contribution in [-0.4, -0.2) is 12.7 Å². The molecule has 0 aromatic rings. The van der Waals surface area contributed by atoms with E-state index in [4.69, 9.17) is 4.74 Å². The molecule has 2 aliphatic carbocycles. The molecule has 1 nitrogen and oxygen atoms in total. The molecule has 0 spiro atoms. The van der Waals surface area contributed by atoms with E-state index >= 15 is 0 Å². The lowest BCUT2D eigenvalue weighted by Gasteiger charge is -2.37. The first-order chi connectivity index (χ1) is 10.3. The number of rotatable bonds is 7. The molecule has 2 aliphatic rings. The molecule has 21 heavy (non-hydrogen) atoms. The average molecular weight is 290 g/mol. The molecular weight excluding hydrogens is 256 g/mol. The molecule has 0 bridgehead atoms. The van der Waals surface area contributed by atoms with Gasteiger partial charge in [-0.15, -0.1) is 0 Å². The molecule has 2 rings (SSSR count). The SMILES string of the molecule is C=C/C=C/CCC1CCC(C2CCC(OCC)CC2)CC1. The van der Waals surface area contributed by atoms with Gasteiger partial charge in [-0.05, 0) is 76.0 Å². The van der Waals surface area contributed by atoms with Crippen molar-refractivity contribution in [3.8, 4) is 0 Å². The molecule has 0 aromatic carbocycles. The van der Waals surface area contributed by atoms with Gasteiger partial charge >= 0.3 is 0 Å². The highest BCUT2D eigenvalue weighted by Gasteiger charge is 2.30. The Morgan fingerprint density at radius 1 is 0.952 bits per heavy atom. The topological polar surface area (TPSA) is 9.23 Å². The Balaban J connectivity index is 1.63. The van der Waals surface area contributed by atoms with E-state index < -0.39 is 0 Å². The van der Waals surface area contributed by atoms with E-state index in [9.17, 15) is 0 Å². The summed E-state index contributed by atoms with van der Waals surface area (Å²) < 4.78 is 5.79. The maximum Gasteiger partial charge on any atom is 0.0575 e. The van der Waals surface area contributed by atoms with Crippen LogP contribution in [0.25, 0.3) is 0 Å². The molecule has 0 unspecified atom stereocenters. The first-order valence-electron chi connectivity index (χ1n) is 9.22. The van der Waals surface area contributed by atoms with Crippen molar-refractivity contribution in [1.82, 2.24) is 0 Å². The van der Waals surface area contributed by atoms with Crippen molar-refractivity contribution in [3.05, 3.63) is 24.8 Å². The fraction of sp³-hybridized carbons (Fsp3) is 0.800. The lowest BCUT2D eigenvalue weighted by molar-refractivity contribution is 0.0135. The Morgan fingerprint density at radius 2 is 1.57 bits per heavy atom. The quantitative estimate of drug-likeness (QED) is 0.529. The molecule has 0 atom stereocenters. The minimum Gasteiger partial charge on any atom is -0.379 e. The van der Waals surface area contributed by atoms with Gasteiger partial charge in [-0.3, -0.25) is 0 Å². The van der Waals surface area contributed by atoms with Gasteiger partial charge in [-0.2, -0.15) is 0 Å². The highest BCUT2D eigenvalue weighted by Crippen LogP contribution is 2.41. The van der Waals surface area contributed by atoms with Crippen LogP contribution in [0.5, 0.6) is 0 Å². The van der Waals surface area contributed by atoms with Crippen molar-refractivity contribution in [1.29, 1.82) is 0 Å². The molecule has 0 amide bonds. The van der Waals surface area contributed by atoms with Crippen LogP contribution in [-0.2, 0) is 4.74 Å². The van der Waals surface area contributed by atoms with Crippen LogP contribution in [0.4, 0.5) is 0 Å². The molecule has 0 N–H and O–H groups in total. The summed E-state index contributed by atoms with van der Waals surface area (Å²) in [4.78, 5) is 0. The zero-order valence-electron chi connectivity index (χ0n) is 13.9. The van der Waals surface area contributed by atoms with Gasteiger partial charge in [0, 0.05) is 6.61 Å². The Labute approximate surface area is 131 Å². The Kier molecular flexibility index (Phi) is 7.57. The molecule has 0 saturated heterocycles. The molecule has 2 saturated carbocycles. The second kappa shape index (κ2) is 9.46. The van der Waals surface area contributed by atoms with E-state index in [0.717, 1.165) is 24.4 Å². The van der Waals surface area contributed by atoms with Gasteiger partial charge in [0.25, 0.3) is 0 Å². The number of ether oxygens (including phenoxy) is 1. The Bertz CT molecular complexity index is 304. The van der Waals surface area contributed by atoms with Gasteiger partial charge in [0.1, 0.15) is 0 Å². The van der Waals surface area contributed by atoms with Gasteiger partial charge in [0.05, 0.1) is 6.10 Å². The van der Waals surface area contributed by atoms with Crippen molar-refractivity contribution >= 4 is 0 Å². The fourth-order valence-electron chi connectivity index (χ4n) is 4.44. The summed E-state index contributed by atoms with van der Waals surface area (Å²) in [5.74, 6) is 3.01. The van der Waals surface area contributed by atoms with Crippen LogP contribution in [0, 0.1) is 17.8 Å². The molecule has 1 heteroatoms. The lowest BCUT2D eigenvalue weighted by atomic mass is 9.70. The summed E-state index contributed by atoms with van der Waals surface area (Å²) in [6, 6.07) is 0. The van der Waals surface area contributed by atoms with Gasteiger partial charge < -0.3 is 4.74 Å². The predicted molar refractivity (Wildman–Crippen MR) is 91.4 cm³/mol. The zero-order chi connectivity index (χ0) is 14.9. The van der Waals surface area contributed by atoms with Crippen molar-refractivity contribution in [3.63, 3.8) is 0 Å². The van der Waals surface area contributed by atoms with Crippen molar-refractivity contribution < 1.29 is 4.74 Å². The smallest absolute Gasteiger partial charge is 0.0575 e. The van der Waals surface area contributed by atoms with Crippen molar-refractivity contribution in [2.45, 2.75) is 77.2 Å². The van der Waals surface area contributed by atoms with Gasteiger partial charge in [-0.25, -0.2) is 0 Å². The second-order valence-corrected chi connectivity index (χ2v) is 7.01. The van der Waals surface area contributed by atoms with Crippen molar-refractivity contribution in [2.24, 2.45) is 17.8 Å². The van der Waals surface area contributed by atoms with E-state index in [-0.39, 0.29) is 0 Å². The summed E-state index contributed by atoms with van der Waals surface area (Å²) in [6.07, 6.45) is 20.8. The van der Waals surface area contributed by atoms with E-state index in [1.165, 1.54) is 64.2 Å². The van der Waals surface area contributed by atoms with Crippen LogP contribution < -0.4 is 0 Å². The first-order valence-corrected chi connectivity index (χ1v) is 9.22. The third kappa shape index (κ3) is 5.62. The highest BCUT2D eigenvalue weighted by molar-refractivity contribution is 4.97. The zero-order valence-corrected chi connectivity index (χ0v) is 13.9. The molecular formula is C20H34O. The highest BCUT2D eigenvalue weighted by atomic mass is 16.5. The normalized spacial score (nSPS) is 34.1. The fourth-order valence-corrected chi connectivity index (χ4v) is 4.44. The summed E-state index contributed by atoms with van der Waals surface area (Å²) in [6.45, 7) is 6.74. The Morgan fingerprint density at radius 3 is 2.14 bits per heavy atom. The monoisotopic (exact) mass is 290 g/mol. The Hall–Kier alpha value is -0.560.